The zero-order chi connectivity index (χ0) is 18.9. The van der Waals surface area contributed by atoms with Crippen molar-refractivity contribution in [3.63, 3.8) is 0 Å². The molecular weight excluding hydrogens is 449 g/mol. The van der Waals surface area contributed by atoms with Crippen molar-refractivity contribution < 1.29 is 0 Å². The Morgan fingerprint density at radius 2 is 1.93 bits per heavy atom. The summed E-state index contributed by atoms with van der Waals surface area (Å²) in [5.41, 5.74) is 0. The highest BCUT2D eigenvalue weighted by Gasteiger charge is 2.25. The largest absolute Gasteiger partial charge is 0.357 e. The molecule has 0 aliphatic carbocycles. The number of likely N-dealkylation sites (N-methyl/N-ethyl adjacent to an activating group) is 2. The van der Waals surface area contributed by atoms with E-state index in [1.165, 1.54) is 58.4 Å². The van der Waals surface area contributed by atoms with Crippen LogP contribution < -0.4 is 5.32 Å². The topological polar surface area (TPSA) is 34.1 Å². The van der Waals surface area contributed by atoms with Crippen molar-refractivity contribution in [1.82, 2.24) is 20.0 Å². The van der Waals surface area contributed by atoms with Gasteiger partial charge in [0.05, 0.1) is 0 Å². The van der Waals surface area contributed by atoms with Crippen LogP contribution in [0.25, 0.3) is 0 Å². The molecule has 2 heterocycles. The predicted octanol–water partition coefficient (Wildman–Crippen LogP) is 3.35. The number of likely N-dealkylation sites (tertiary alicyclic amines) is 2. The van der Waals surface area contributed by atoms with Crippen LogP contribution in [0, 0.1) is 11.8 Å². The van der Waals surface area contributed by atoms with E-state index in [-0.39, 0.29) is 24.0 Å². The number of guanidine groups is 1. The Labute approximate surface area is 185 Å². The molecule has 0 spiro atoms. The molecule has 2 aliphatic rings. The second-order valence-corrected chi connectivity index (χ2v) is 8.66. The number of nitrogens with one attached hydrogen (secondary N) is 1. The van der Waals surface area contributed by atoms with Gasteiger partial charge in [0, 0.05) is 45.8 Å². The fraction of sp³-hybridized carbons (Fsp3) is 0.952. The van der Waals surface area contributed by atoms with Crippen LogP contribution in [0.5, 0.6) is 0 Å². The molecule has 0 aromatic heterocycles. The van der Waals surface area contributed by atoms with E-state index in [2.05, 4.69) is 54.8 Å². The maximum atomic E-state index is 5.03. The minimum Gasteiger partial charge on any atom is -0.357 e. The normalized spacial score (nSPS) is 24.9. The van der Waals surface area contributed by atoms with Gasteiger partial charge in [-0.15, -0.1) is 24.0 Å². The molecule has 2 saturated heterocycles. The molecule has 160 valence electrons. The summed E-state index contributed by atoms with van der Waals surface area (Å²) in [6.45, 7) is 18.2. The van der Waals surface area contributed by atoms with E-state index >= 15 is 0 Å². The monoisotopic (exact) mass is 493 g/mol. The van der Waals surface area contributed by atoms with Crippen molar-refractivity contribution in [1.29, 1.82) is 0 Å². The Kier molecular flexibility index (Phi) is 12.2. The van der Waals surface area contributed by atoms with Gasteiger partial charge in [0.1, 0.15) is 0 Å². The molecule has 2 atom stereocenters. The number of rotatable bonds is 8. The summed E-state index contributed by atoms with van der Waals surface area (Å²) >= 11 is 0. The van der Waals surface area contributed by atoms with Gasteiger partial charge in [-0.25, -0.2) is 0 Å². The first-order chi connectivity index (χ1) is 12.5. The fourth-order valence-electron chi connectivity index (χ4n) is 4.59. The SMILES string of the molecule is CCNC(=NCC1CCCN(CC(C)C)C1)N(C)CC1CCCN1CC.I. The van der Waals surface area contributed by atoms with Crippen molar-refractivity contribution >= 4 is 29.9 Å². The second-order valence-electron chi connectivity index (χ2n) is 8.66. The van der Waals surface area contributed by atoms with E-state index in [0.717, 1.165) is 31.5 Å². The third kappa shape index (κ3) is 8.44. The lowest BCUT2D eigenvalue weighted by molar-refractivity contribution is 0.161. The summed E-state index contributed by atoms with van der Waals surface area (Å²) in [4.78, 5) is 12.6. The van der Waals surface area contributed by atoms with Crippen LogP contribution in [0.2, 0.25) is 0 Å². The minimum absolute atomic E-state index is 0. The van der Waals surface area contributed by atoms with Gasteiger partial charge in [-0.3, -0.25) is 9.89 Å². The van der Waals surface area contributed by atoms with Gasteiger partial charge in [-0.1, -0.05) is 20.8 Å². The lowest BCUT2D eigenvalue weighted by Crippen LogP contribution is -2.46. The van der Waals surface area contributed by atoms with Gasteiger partial charge >= 0.3 is 0 Å². The first kappa shape index (κ1) is 25.0. The van der Waals surface area contributed by atoms with Crippen LogP contribution >= 0.6 is 24.0 Å². The lowest BCUT2D eigenvalue weighted by atomic mass is 9.97. The van der Waals surface area contributed by atoms with E-state index in [4.69, 9.17) is 4.99 Å². The van der Waals surface area contributed by atoms with Crippen molar-refractivity contribution in [3.8, 4) is 0 Å². The number of nitrogens with zero attached hydrogens (tertiary/aromatic N) is 4. The molecule has 0 saturated carbocycles. The third-order valence-corrected chi connectivity index (χ3v) is 5.81. The van der Waals surface area contributed by atoms with Gasteiger partial charge < -0.3 is 15.1 Å². The zero-order valence-electron chi connectivity index (χ0n) is 18.4. The van der Waals surface area contributed by atoms with Gasteiger partial charge in [0.2, 0.25) is 0 Å². The molecule has 0 aromatic rings. The highest BCUT2D eigenvalue weighted by molar-refractivity contribution is 14.0. The summed E-state index contributed by atoms with van der Waals surface area (Å²) in [5.74, 6) is 2.56. The molecular formula is C21H44IN5. The van der Waals surface area contributed by atoms with E-state index in [1.54, 1.807) is 0 Å². The van der Waals surface area contributed by atoms with E-state index in [0.29, 0.717) is 12.0 Å². The van der Waals surface area contributed by atoms with Gasteiger partial charge in [0.15, 0.2) is 5.96 Å². The van der Waals surface area contributed by atoms with Crippen LogP contribution in [0.15, 0.2) is 4.99 Å². The summed E-state index contributed by atoms with van der Waals surface area (Å²) in [5, 5.41) is 3.52. The smallest absolute Gasteiger partial charge is 0.193 e. The Bertz CT molecular complexity index is 429. The number of piperidine rings is 1. The Morgan fingerprint density at radius 1 is 1.19 bits per heavy atom. The van der Waals surface area contributed by atoms with Crippen LogP contribution in [0.4, 0.5) is 0 Å². The van der Waals surface area contributed by atoms with Crippen LogP contribution in [0.1, 0.15) is 53.4 Å². The van der Waals surface area contributed by atoms with Crippen molar-refractivity contribution in [2.45, 2.75) is 59.4 Å². The lowest BCUT2D eigenvalue weighted by Gasteiger charge is -2.33. The molecule has 27 heavy (non-hydrogen) atoms. The van der Waals surface area contributed by atoms with E-state index in [1.807, 2.05) is 0 Å². The van der Waals surface area contributed by atoms with Crippen LogP contribution in [-0.4, -0.2) is 86.1 Å². The summed E-state index contributed by atoms with van der Waals surface area (Å²) in [6, 6.07) is 0.685. The average molecular weight is 494 g/mol. The highest BCUT2D eigenvalue weighted by atomic mass is 127. The Balaban J connectivity index is 0.00000364. The first-order valence-electron chi connectivity index (χ1n) is 11.0. The molecule has 2 fully saturated rings. The van der Waals surface area contributed by atoms with Gasteiger partial charge in [0.25, 0.3) is 0 Å². The number of halogens is 1. The maximum absolute atomic E-state index is 5.03. The highest BCUT2D eigenvalue weighted by Crippen LogP contribution is 2.19. The quantitative estimate of drug-likeness (QED) is 0.320. The molecule has 2 rings (SSSR count). The van der Waals surface area contributed by atoms with Crippen molar-refractivity contribution in [2.24, 2.45) is 16.8 Å². The molecule has 1 N–H and O–H groups in total. The molecule has 2 aliphatic heterocycles. The van der Waals surface area contributed by atoms with Gasteiger partial charge in [-0.2, -0.15) is 0 Å². The molecule has 5 nitrogen and oxygen atoms in total. The number of hydrogen-bond acceptors (Lipinski definition) is 3. The van der Waals surface area contributed by atoms with E-state index < -0.39 is 0 Å². The molecule has 0 aromatic carbocycles. The fourth-order valence-corrected chi connectivity index (χ4v) is 4.59. The summed E-state index contributed by atoms with van der Waals surface area (Å²) in [6.07, 6.45) is 5.32. The molecule has 0 amide bonds. The second kappa shape index (κ2) is 13.2. The number of hydrogen-bond donors (Lipinski definition) is 1. The standard InChI is InChI=1S/C21H43N5.HI/c1-6-22-21(24(5)17-20-11-9-13-26(20)7-2)23-14-19-10-8-12-25(16-19)15-18(3)4;/h18-20H,6-17H2,1-5H3,(H,22,23);1H. The van der Waals surface area contributed by atoms with Crippen molar-refractivity contribution in [3.05, 3.63) is 0 Å². The van der Waals surface area contributed by atoms with Crippen LogP contribution in [0.3, 0.4) is 0 Å². The average Bonchev–Trinajstić information content (AvgIpc) is 3.05. The summed E-state index contributed by atoms with van der Waals surface area (Å²) in [7, 11) is 2.21. The van der Waals surface area contributed by atoms with Crippen molar-refractivity contribution in [2.75, 3.05) is 59.4 Å². The minimum atomic E-state index is 0. The predicted molar refractivity (Wildman–Crippen MR) is 128 cm³/mol. The molecule has 2 unspecified atom stereocenters. The molecule has 6 heteroatoms. The summed E-state index contributed by atoms with van der Waals surface area (Å²) < 4.78 is 0. The maximum Gasteiger partial charge on any atom is 0.193 e. The zero-order valence-corrected chi connectivity index (χ0v) is 20.7. The van der Waals surface area contributed by atoms with Crippen LogP contribution in [-0.2, 0) is 0 Å². The Hall–Kier alpha value is -0.0800. The third-order valence-electron chi connectivity index (χ3n) is 5.81. The Morgan fingerprint density at radius 3 is 2.59 bits per heavy atom. The van der Waals surface area contributed by atoms with Gasteiger partial charge in [-0.05, 0) is 64.1 Å². The number of aliphatic imine (C=N–C) groups is 1. The van der Waals surface area contributed by atoms with E-state index in [9.17, 15) is 0 Å². The molecule has 0 radical (unpaired) electrons. The first-order valence-corrected chi connectivity index (χ1v) is 11.0. The molecule has 0 bridgehead atoms.